The van der Waals surface area contributed by atoms with Crippen LogP contribution in [0.5, 0.6) is 0 Å². The van der Waals surface area contributed by atoms with Gasteiger partial charge in [-0.05, 0) is 34.1 Å². The molecule has 0 radical (unpaired) electrons. The first-order valence-corrected chi connectivity index (χ1v) is 7.05. The predicted octanol–water partition coefficient (Wildman–Crippen LogP) is 4.29. The van der Waals surface area contributed by atoms with Crippen LogP contribution in [0, 0.1) is 10.1 Å². The number of hydrogen-bond acceptors (Lipinski definition) is 4. The molecule has 0 aliphatic carbocycles. The molecule has 2 rings (SSSR count). The molecule has 0 spiro atoms. The number of thioether (sulfide) groups is 1. The highest BCUT2D eigenvalue weighted by Gasteiger charge is 2.12. The van der Waals surface area contributed by atoms with E-state index < -0.39 is 0 Å². The highest BCUT2D eigenvalue weighted by molar-refractivity contribution is 9.10. The molecule has 1 heterocycles. The maximum Gasteiger partial charge on any atom is 0.282 e. The van der Waals surface area contributed by atoms with Crippen molar-refractivity contribution in [3.8, 4) is 0 Å². The lowest BCUT2D eigenvalue weighted by Crippen LogP contribution is -1.92. The molecule has 1 aromatic carbocycles. The van der Waals surface area contributed by atoms with E-state index in [2.05, 4.69) is 15.9 Å². The fourth-order valence-electron chi connectivity index (χ4n) is 1.48. The number of rotatable bonds is 5. The van der Waals surface area contributed by atoms with Gasteiger partial charge < -0.3 is 4.42 Å². The number of aryl methyl sites for hydroxylation is 1. The monoisotopic (exact) mass is 327 g/mol. The Morgan fingerprint density at radius 2 is 2.06 bits per heavy atom. The molecular weight excluding hydrogens is 318 g/mol. The molecule has 1 aromatic heterocycles. The second-order valence-electron chi connectivity index (χ2n) is 3.53. The Labute approximate surface area is 117 Å². The molecule has 0 atom stereocenters. The number of nitro benzene ring substituents is 1. The summed E-state index contributed by atoms with van der Waals surface area (Å²) in [6.07, 6.45) is 0.738. The summed E-state index contributed by atoms with van der Waals surface area (Å²) in [5.74, 6) is 1.61. The minimum Gasteiger partial charge on any atom is -0.454 e. The summed E-state index contributed by atoms with van der Waals surface area (Å²) in [4.78, 5) is 11.2. The van der Waals surface area contributed by atoms with Gasteiger partial charge in [0.15, 0.2) is 4.67 Å². The molecule has 2 aromatic rings. The van der Waals surface area contributed by atoms with Crippen LogP contribution in [0.4, 0.5) is 5.69 Å². The molecule has 94 valence electrons. The van der Waals surface area contributed by atoms with Crippen LogP contribution in [0.15, 0.2) is 50.4 Å². The molecule has 0 amide bonds. The smallest absolute Gasteiger partial charge is 0.282 e. The fraction of sp³-hybridized carbons (Fsp3) is 0.167. The first-order valence-electron chi connectivity index (χ1n) is 5.27. The average Bonchev–Trinajstić information content (AvgIpc) is 2.75. The molecule has 0 saturated heterocycles. The van der Waals surface area contributed by atoms with E-state index >= 15 is 0 Å². The lowest BCUT2D eigenvalue weighted by Gasteiger charge is -2.01. The molecule has 0 aliphatic heterocycles. The molecular formula is C12H10BrNO3S. The number of nitrogens with zero attached hydrogens (tertiary/aromatic N) is 1. The van der Waals surface area contributed by atoms with Crippen molar-refractivity contribution in [2.45, 2.75) is 11.3 Å². The quantitative estimate of drug-likeness (QED) is 0.467. The van der Waals surface area contributed by atoms with Gasteiger partial charge in [0, 0.05) is 18.2 Å². The minimum absolute atomic E-state index is 0.156. The van der Waals surface area contributed by atoms with Gasteiger partial charge in [-0.15, -0.1) is 11.8 Å². The summed E-state index contributed by atoms with van der Waals surface area (Å²) in [6, 6.07) is 10.5. The lowest BCUT2D eigenvalue weighted by atomic mass is 10.3. The first-order chi connectivity index (χ1) is 8.66. The largest absolute Gasteiger partial charge is 0.454 e. The number of para-hydroxylation sites is 1. The molecule has 18 heavy (non-hydrogen) atoms. The van der Waals surface area contributed by atoms with Gasteiger partial charge in [0.05, 0.1) is 9.82 Å². The normalized spacial score (nSPS) is 10.5. The van der Waals surface area contributed by atoms with Crippen molar-refractivity contribution in [1.82, 2.24) is 0 Å². The molecule has 4 nitrogen and oxygen atoms in total. The van der Waals surface area contributed by atoms with Gasteiger partial charge in [0.1, 0.15) is 5.76 Å². The van der Waals surface area contributed by atoms with Gasteiger partial charge in [-0.25, -0.2) is 0 Å². The van der Waals surface area contributed by atoms with Crippen LogP contribution in [0.25, 0.3) is 0 Å². The van der Waals surface area contributed by atoms with Crippen LogP contribution in [-0.4, -0.2) is 10.7 Å². The average molecular weight is 328 g/mol. The summed E-state index contributed by atoms with van der Waals surface area (Å²) < 4.78 is 6.07. The van der Waals surface area contributed by atoms with Crippen LogP contribution in [-0.2, 0) is 6.42 Å². The van der Waals surface area contributed by atoms with E-state index in [0.717, 1.165) is 17.9 Å². The number of halogens is 1. The summed E-state index contributed by atoms with van der Waals surface area (Å²) in [7, 11) is 0. The molecule has 6 heteroatoms. The van der Waals surface area contributed by atoms with Gasteiger partial charge in [-0.3, -0.25) is 10.1 Å². The predicted molar refractivity (Wildman–Crippen MR) is 73.9 cm³/mol. The van der Waals surface area contributed by atoms with Crippen LogP contribution >= 0.6 is 27.7 Å². The van der Waals surface area contributed by atoms with E-state index in [-0.39, 0.29) is 10.6 Å². The van der Waals surface area contributed by atoms with Crippen molar-refractivity contribution in [2.24, 2.45) is 0 Å². The van der Waals surface area contributed by atoms with Gasteiger partial charge >= 0.3 is 0 Å². The summed E-state index contributed by atoms with van der Waals surface area (Å²) >= 11 is 4.70. The highest BCUT2D eigenvalue weighted by atomic mass is 79.9. The summed E-state index contributed by atoms with van der Waals surface area (Å²) in [6.45, 7) is 0. The molecule has 0 bridgehead atoms. The van der Waals surface area contributed by atoms with E-state index in [4.69, 9.17) is 4.42 Å². The molecule has 0 saturated carbocycles. The molecule has 0 unspecified atom stereocenters. The molecule has 0 N–H and O–H groups in total. The second kappa shape index (κ2) is 6.06. The third-order valence-electron chi connectivity index (χ3n) is 2.30. The van der Waals surface area contributed by atoms with Gasteiger partial charge in [0.25, 0.3) is 5.69 Å². The Bertz CT molecular complexity index is 556. The van der Waals surface area contributed by atoms with Crippen molar-refractivity contribution >= 4 is 33.4 Å². The Balaban J connectivity index is 1.96. The maximum atomic E-state index is 10.8. The van der Waals surface area contributed by atoms with Gasteiger partial charge in [0.2, 0.25) is 0 Å². The Morgan fingerprint density at radius 3 is 2.72 bits per heavy atom. The Morgan fingerprint density at radius 1 is 1.28 bits per heavy atom. The van der Waals surface area contributed by atoms with Crippen LogP contribution < -0.4 is 0 Å². The fourth-order valence-corrected chi connectivity index (χ4v) is 2.81. The van der Waals surface area contributed by atoms with Gasteiger partial charge in [-0.2, -0.15) is 0 Å². The maximum absolute atomic E-state index is 10.8. The van der Waals surface area contributed by atoms with Crippen LogP contribution in [0.1, 0.15) is 5.76 Å². The zero-order valence-electron chi connectivity index (χ0n) is 9.34. The summed E-state index contributed by atoms with van der Waals surface area (Å²) in [5.41, 5.74) is 0.156. The molecule has 0 aliphatic rings. The van der Waals surface area contributed by atoms with E-state index in [1.165, 1.54) is 17.8 Å². The van der Waals surface area contributed by atoms with Crippen molar-refractivity contribution in [3.63, 3.8) is 0 Å². The zero-order chi connectivity index (χ0) is 13.0. The number of nitro groups is 1. The number of hydrogen-bond donors (Lipinski definition) is 0. The van der Waals surface area contributed by atoms with Crippen molar-refractivity contribution in [2.75, 3.05) is 5.75 Å². The van der Waals surface area contributed by atoms with E-state index in [1.54, 1.807) is 18.2 Å². The number of benzene rings is 1. The highest BCUT2D eigenvalue weighted by Crippen LogP contribution is 2.29. The third-order valence-corrected chi connectivity index (χ3v) is 3.79. The Hall–Kier alpha value is -1.27. The van der Waals surface area contributed by atoms with E-state index in [1.807, 2.05) is 12.1 Å². The van der Waals surface area contributed by atoms with Crippen molar-refractivity contribution < 1.29 is 9.34 Å². The minimum atomic E-state index is -0.355. The van der Waals surface area contributed by atoms with E-state index in [0.29, 0.717) is 9.56 Å². The molecule has 0 fully saturated rings. The second-order valence-corrected chi connectivity index (χ2v) is 5.45. The standard InChI is InChI=1S/C12H10BrNO3S/c13-12-6-5-9(17-12)7-8-18-11-4-2-1-3-10(11)14(15)16/h1-6H,7-8H2. The zero-order valence-corrected chi connectivity index (χ0v) is 11.7. The lowest BCUT2D eigenvalue weighted by molar-refractivity contribution is -0.387. The third kappa shape index (κ3) is 3.36. The van der Waals surface area contributed by atoms with Crippen LogP contribution in [0.2, 0.25) is 0 Å². The SMILES string of the molecule is O=[N+]([O-])c1ccccc1SCCc1ccc(Br)o1. The van der Waals surface area contributed by atoms with E-state index in [9.17, 15) is 10.1 Å². The van der Waals surface area contributed by atoms with Crippen molar-refractivity contribution in [1.29, 1.82) is 0 Å². The Kier molecular flexibility index (Phi) is 4.43. The van der Waals surface area contributed by atoms with Crippen LogP contribution in [0.3, 0.4) is 0 Å². The van der Waals surface area contributed by atoms with Gasteiger partial charge in [-0.1, -0.05) is 12.1 Å². The number of furan rings is 1. The summed E-state index contributed by atoms with van der Waals surface area (Å²) in [5, 5.41) is 10.8. The van der Waals surface area contributed by atoms with Crippen molar-refractivity contribution in [3.05, 3.63) is 56.9 Å². The topological polar surface area (TPSA) is 56.3 Å². The first kappa shape index (κ1) is 13.2.